The summed E-state index contributed by atoms with van der Waals surface area (Å²) >= 11 is 0. The Morgan fingerprint density at radius 1 is 0.889 bits per heavy atom. The minimum atomic E-state index is 0.250. The zero-order chi connectivity index (χ0) is 18.5. The molecule has 0 radical (unpaired) electrons. The van der Waals surface area contributed by atoms with Crippen molar-refractivity contribution in [2.24, 2.45) is 0 Å². The van der Waals surface area contributed by atoms with Crippen LogP contribution in [0, 0.1) is 0 Å². The molecule has 0 aliphatic heterocycles. The zero-order valence-electron chi connectivity index (χ0n) is 14.4. The lowest BCUT2D eigenvalue weighted by molar-refractivity contribution is 0.427. The number of ether oxygens (including phenoxy) is 1. The molecule has 0 fully saturated rings. The normalized spacial score (nSPS) is 10.5. The molecular formula is C20H17N5O2. The fourth-order valence-corrected chi connectivity index (χ4v) is 2.54. The van der Waals surface area contributed by atoms with Gasteiger partial charge in [-0.1, -0.05) is 35.4 Å². The van der Waals surface area contributed by atoms with Crippen LogP contribution < -0.4 is 10.1 Å². The van der Waals surface area contributed by atoms with E-state index in [1.165, 1.54) is 0 Å². The summed E-state index contributed by atoms with van der Waals surface area (Å²) in [6, 6.07) is 24.5. The molecule has 0 amide bonds. The molecule has 0 bridgehead atoms. The van der Waals surface area contributed by atoms with Crippen LogP contribution in [0.1, 0.15) is 5.56 Å². The van der Waals surface area contributed by atoms with Crippen molar-refractivity contribution in [3.63, 3.8) is 0 Å². The summed E-state index contributed by atoms with van der Waals surface area (Å²) in [5.74, 6) is 0.898. The van der Waals surface area contributed by atoms with E-state index in [0.717, 1.165) is 16.9 Å². The molecule has 0 unspecified atom stereocenters. The molecule has 0 saturated carbocycles. The molecule has 0 aliphatic rings. The third-order valence-corrected chi connectivity index (χ3v) is 3.94. The molecule has 7 nitrogen and oxygen atoms in total. The van der Waals surface area contributed by atoms with Crippen LogP contribution in [-0.4, -0.2) is 25.3 Å². The number of hydrogen-bond acceptors (Lipinski definition) is 6. The summed E-state index contributed by atoms with van der Waals surface area (Å²) < 4.78 is 7.36. The number of benzene rings is 3. The Kier molecular flexibility index (Phi) is 4.65. The number of para-hydroxylation sites is 1. The summed E-state index contributed by atoms with van der Waals surface area (Å²) in [7, 11) is 0. The van der Waals surface area contributed by atoms with Gasteiger partial charge in [-0.15, -0.1) is 0 Å². The second-order valence-corrected chi connectivity index (χ2v) is 5.86. The number of nitrogens with zero attached hydrogens (tertiary/aromatic N) is 4. The zero-order valence-corrected chi connectivity index (χ0v) is 14.4. The van der Waals surface area contributed by atoms with E-state index in [1.807, 2.05) is 66.7 Å². The maximum absolute atomic E-state index is 9.31. The number of hydrogen-bond donors (Lipinski definition) is 2. The van der Waals surface area contributed by atoms with Gasteiger partial charge in [-0.3, -0.25) is 0 Å². The van der Waals surface area contributed by atoms with Crippen molar-refractivity contribution >= 4 is 5.69 Å². The molecule has 1 aromatic heterocycles. The third kappa shape index (κ3) is 4.04. The summed E-state index contributed by atoms with van der Waals surface area (Å²) in [5.41, 5.74) is 2.86. The largest absolute Gasteiger partial charge is 0.508 e. The third-order valence-electron chi connectivity index (χ3n) is 3.94. The maximum Gasteiger partial charge on any atom is 0.345 e. The minimum Gasteiger partial charge on any atom is -0.508 e. The average molecular weight is 359 g/mol. The number of phenols is 1. The SMILES string of the molecule is Oc1ccc(NCc2ccc(Oc3nnnn3-c3ccccc3)cc2)cc1. The smallest absolute Gasteiger partial charge is 0.345 e. The van der Waals surface area contributed by atoms with Crippen LogP contribution in [0.25, 0.3) is 5.69 Å². The lowest BCUT2D eigenvalue weighted by Gasteiger charge is -2.08. The second-order valence-electron chi connectivity index (χ2n) is 5.86. The number of anilines is 1. The van der Waals surface area contributed by atoms with E-state index in [0.29, 0.717) is 18.3 Å². The fraction of sp³-hybridized carbons (Fsp3) is 0.0500. The van der Waals surface area contributed by atoms with Crippen LogP contribution in [0.15, 0.2) is 78.9 Å². The van der Waals surface area contributed by atoms with Crippen molar-refractivity contribution in [3.8, 4) is 23.2 Å². The van der Waals surface area contributed by atoms with Crippen LogP contribution >= 0.6 is 0 Å². The molecule has 4 aromatic rings. The van der Waals surface area contributed by atoms with Crippen LogP contribution in [0.4, 0.5) is 5.69 Å². The number of rotatable bonds is 6. The van der Waals surface area contributed by atoms with E-state index in [1.54, 1.807) is 16.8 Å². The standard InChI is InChI=1S/C20H17N5O2/c26-18-10-8-16(9-11-18)21-14-15-6-12-19(13-7-15)27-20-22-23-24-25(20)17-4-2-1-3-5-17/h1-13,21,26H,14H2. The van der Waals surface area contributed by atoms with Crippen LogP contribution in [-0.2, 0) is 6.54 Å². The summed E-state index contributed by atoms with van der Waals surface area (Å²) in [6.45, 7) is 0.660. The Hall–Kier alpha value is -3.87. The summed E-state index contributed by atoms with van der Waals surface area (Å²) in [5, 5.41) is 24.2. The Bertz CT molecular complexity index is 999. The first-order valence-electron chi connectivity index (χ1n) is 8.41. The molecule has 7 heteroatoms. The van der Waals surface area contributed by atoms with E-state index in [9.17, 15) is 5.11 Å². The van der Waals surface area contributed by atoms with E-state index in [2.05, 4.69) is 20.8 Å². The van der Waals surface area contributed by atoms with Crippen LogP contribution in [0.3, 0.4) is 0 Å². The van der Waals surface area contributed by atoms with E-state index in [4.69, 9.17) is 4.74 Å². The van der Waals surface area contributed by atoms with E-state index in [-0.39, 0.29) is 5.75 Å². The first kappa shape index (κ1) is 16.6. The number of nitrogens with one attached hydrogen (secondary N) is 1. The van der Waals surface area contributed by atoms with Gasteiger partial charge in [0.2, 0.25) is 0 Å². The Morgan fingerprint density at radius 3 is 2.37 bits per heavy atom. The van der Waals surface area contributed by atoms with Gasteiger partial charge in [0.05, 0.1) is 5.69 Å². The second kappa shape index (κ2) is 7.57. The van der Waals surface area contributed by atoms with Crippen molar-refractivity contribution in [3.05, 3.63) is 84.4 Å². The molecular weight excluding hydrogens is 342 g/mol. The van der Waals surface area contributed by atoms with Gasteiger partial charge in [-0.05, 0) is 64.5 Å². The highest BCUT2D eigenvalue weighted by Gasteiger charge is 2.10. The number of aromatic hydroxyl groups is 1. The maximum atomic E-state index is 9.31. The molecule has 0 saturated heterocycles. The van der Waals surface area contributed by atoms with Crippen molar-refractivity contribution in [2.75, 3.05) is 5.32 Å². The molecule has 3 aromatic carbocycles. The number of phenolic OH excluding ortho intramolecular Hbond substituents is 1. The average Bonchev–Trinajstić information content (AvgIpc) is 3.17. The fourth-order valence-electron chi connectivity index (χ4n) is 2.54. The molecule has 27 heavy (non-hydrogen) atoms. The number of aromatic nitrogens is 4. The Balaban J connectivity index is 1.41. The topological polar surface area (TPSA) is 85.1 Å². The highest BCUT2D eigenvalue weighted by molar-refractivity contribution is 5.46. The van der Waals surface area contributed by atoms with Crippen LogP contribution in [0.5, 0.6) is 17.5 Å². The van der Waals surface area contributed by atoms with Gasteiger partial charge >= 0.3 is 6.01 Å². The van der Waals surface area contributed by atoms with Crippen molar-refractivity contribution in [2.45, 2.75) is 6.54 Å². The quantitative estimate of drug-likeness (QED) is 0.510. The Labute approximate surface area is 155 Å². The number of tetrazole rings is 1. The van der Waals surface area contributed by atoms with E-state index < -0.39 is 0 Å². The highest BCUT2D eigenvalue weighted by Crippen LogP contribution is 2.22. The van der Waals surface area contributed by atoms with Gasteiger partial charge in [-0.2, -0.15) is 4.68 Å². The van der Waals surface area contributed by atoms with Crippen molar-refractivity contribution in [1.29, 1.82) is 0 Å². The van der Waals surface area contributed by atoms with Crippen molar-refractivity contribution < 1.29 is 9.84 Å². The van der Waals surface area contributed by atoms with Gasteiger partial charge in [-0.25, -0.2) is 0 Å². The van der Waals surface area contributed by atoms with Gasteiger partial charge in [0.15, 0.2) is 0 Å². The lowest BCUT2D eigenvalue weighted by Crippen LogP contribution is -2.01. The minimum absolute atomic E-state index is 0.250. The molecule has 134 valence electrons. The van der Waals surface area contributed by atoms with E-state index >= 15 is 0 Å². The molecule has 0 spiro atoms. The van der Waals surface area contributed by atoms with Gasteiger partial charge in [0.1, 0.15) is 11.5 Å². The molecule has 1 heterocycles. The molecule has 0 atom stereocenters. The van der Waals surface area contributed by atoms with Gasteiger partial charge in [0, 0.05) is 12.2 Å². The predicted octanol–water partition coefficient (Wildman–Crippen LogP) is 3.77. The van der Waals surface area contributed by atoms with Crippen LogP contribution in [0.2, 0.25) is 0 Å². The first-order valence-corrected chi connectivity index (χ1v) is 8.41. The van der Waals surface area contributed by atoms with Gasteiger partial charge in [0.25, 0.3) is 0 Å². The molecule has 4 rings (SSSR count). The predicted molar refractivity (Wildman–Crippen MR) is 101 cm³/mol. The monoisotopic (exact) mass is 359 g/mol. The summed E-state index contributed by atoms with van der Waals surface area (Å²) in [4.78, 5) is 0. The molecule has 2 N–H and O–H groups in total. The molecule has 0 aliphatic carbocycles. The van der Waals surface area contributed by atoms with Crippen molar-refractivity contribution in [1.82, 2.24) is 20.2 Å². The van der Waals surface area contributed by atoms with Gasteiger partial charge < -0.3 is 15.2 Å². The highest BCUT2D eigenvalue weighted by atomic mass is 16.5. The Morgan fingerprint density at radius 2 is 1.63 bits per heavy atom. The first-order chi connectivity index (χ1) is 13.3. The summed E-state index contributed by atoms with van der Waals surface area (Å²) in [6.07, 6.45) is 0. The lowest BCUT2D eigenvalue weighted by atomic mass is 10.2.